The van der Waals surface area contributed by atoms with Gasteiger partial charge in [0, 0.05) is 11.8 Å². The van der Waals surface area contributed by atoms with Crippen molar-refractivity contribution in [2.24, 2.45) is 0 Å². The van der Waals surface area contributed by atoms with Gasteiger partial charge in [0.2, 0.25) is 5.78 Å². The number of nitrogen functional groups attached to an aromatic ring is 1. The topological polar surface area (TPSA) is 65.2 Å². The summed E-state index contributed by atoms with van der Waals surface area (Å²) in [4.78, 5) is 16.1. The van der Waals surface area contributed by atoms with Gasteiger partial charge in [-0.2, -0.15) is 0 Å². The molecule has 17 heavy (non-hydrogen) atoms. The maximum Gasteiger partial charge on any atom is 0.213 e. The van der Waals surface area contributed by atoms with Crippen LogP contribution in [0.1, 0.15) is 16.1 Å². The predicted molar refractivity (Wildman–Crippen MR) is 65.1 cm³/mol. The van der Waals surface area contributed by atoms with Crippen molar-refractivity contribution in [1.29, 1.82) is 0 Å². The van der Waals surface area contributed by atoms with E-state index in [4.69, 9.17) is 10.5 Å². The Bertz CT molecular complexity index is 553. The summed E-state index contributed by atoms with van der Waals surface area (Å²) < 4.78 is 5.07. The SMILES string of the molecule is COc1cccc(C(=O)c2ncccc2N)c1. The molecular formula is C13H12N2O2. The van der Waals surface area contributed by atoms with Gasteiger partial charge in [0.1, 0.15) is 11.4 Å². The number of hydrogen-bond acceptors (Lipinski definition) is 4. The van der Waals surface area contributed by atoms with Crippen LogP contribution in [0.15, 0.2) is 42.6 Å². The molecule has 2 aromatic rings. The Hall–Kier alpha value is -2.36. The van der Waals surface area contributed by atoms with E-state index in [1.165, 1.54) is 0 Å². The third kappa shape index (κ3) is 2.25. The number of benzene rings is 1. The first kappa shape index (κ1) is 11.1. The van der Waals surface area contributed by atoms with Gasteiger partial charge in [-0.05, 0) is 24.3 Å². The summed E-state index contributed by atoms with van der Waals surface area (Å²) >= 11 is 0. The molecule has 1 aromatic heterocycles. The first-order valence-electron chi connectivity index (χ1n) is 5.11. The van der Waals surface area contributed by atoms with Gasteiger partial charge < -0.3 is 10.5 Å². The van der Waals surface area contributed by atoms with Crippen LogP contribution in [-0.4, -0.2) is 17.9 Å². The molecule has 0 spiro atoms. The lowest BCUT2D eigenvalue weighted by Gasteiger charge is -2.05. The highest BCUT2D eigenvalue weighted by Gasteiger charge is 2.13. The highest BCUT2D eigenvalue weighted by molar-refractivity contribution is 6.10. The number of ketones is 1. The molecule has 0 amide bonds. The van der Waals surface area contributed by atoms with Gasteiger partial charge in [-0.3, -0.25) is 9.78 Å². The van der Waals surface area contributed by atoms with E-state index >= 15 is 0 Å². The van der Waals surface area contributed by atoms with Crippen LogP contribution in [0.25, 0.3) is 0 Å². The van der Waals surface area contributed by atoms with Crippen LogP contribution in [0.4, 0.5) is 5.69 Å². The highest BCUT2D eigenvalue weighted by Crippen LogP contribution is 2.17. The summed E-state index contributed by atoms with van der Waals surface area (Å²) in [6, 6.07) is 10.2. The number of carbonyl (C=O) groups excluding carboxylic acids is 1. The van der Waals surface area contributed by atoms with Crippen LogP contribution in [0.5, 0.6) is 5.75 Å². The van der Waals surface area contributed by atoms with Crippen molar-refractivity contribution in [3.05, 3.63) is 53.9 Å². The molecule has 0 aliphatic carbocycles. The number of aromatic nitrogens is 1. The maximum absolute atomic E-state index is 12.1. The minimum absolute atomic E-state index is 0.206. The van der Waals surface area contributed by atoms with Gasteiger partial charge in [0.25, 0.3) is 0 Å². The average molecular weight is 228 g/mol. The first-order chi connectivity index (χ1) is 8.22. The Balaban J connectivity index is 2.40. The minimum atomic E-state index is -0.206. The minimum Gasteiger partial charge on any atom is -0.497 e. The normalized spacial score (nSPS) is 9.94. The van der Waals surface area contributed by atoms with Crippen LogP contribution < -0.4 is 10.5 Å². The zero-order chi connectivity index (χ0) is 12.3. The summed E-state index contributed by atoms with van der Waals surface area (Å²) in [5, 5.41) is 0. The highest BCUT2D eigenvalue weighted by atomic mass is 16.5. The van der Waals surface area contributed by atoms with Crippen molar-refractivity contribution in [2.75, 3.05) is 12.8 Å². The zero-order valence-electron chi connectivity index (χ0n) is 9.38. The van der Waals surface area contributed by atoms with Gasteiger partial charge in [0.05, 0.1) is 12.8 Å². The van der Waals surface area contributed by atoms with Crippen LogP contribution >= 0.6 is 0 Å². The number of nitrogens with two attached hydrogens (primary N) is 1. The summed E-state index contributed by atoms with van der Waals surface area (Å²) in [6.45, 7) is 0. The molecule has 0 saturated heterocycles. The second kappa shape index (κ2) is 4.65. The Labute approximate surface area is 99.1 Å². The molecule has 1 heterocycles. The van der Waals surface area contributed by atoms with Crippen LogP contribution in [0, 0.1) is 0 Å². The molecule has 4 heteroatoms. The second-order valence-electron chi connectivity index (χ2n) is 3.50. The van der Waals surface area contributed by atoms with E-state index in [1.54, 1.807) is 49.7 Å². The molecule has 1 aromatic carbocycles. The lowest BCUT2D eigenvalue weighted by molar-refractivity contribution is 0.103. The molecule has 0 unspecified atom stereocenters. The summed E-state index contributed by atoms with van der Waals surface area (Å²) in [7, 11) is 1.55. The molecule has 4 nitrogen and oxygen atoms in total. The summed E-state index contributed by atoms with van der Waals surface area (Å²) in [5.41, 5.74) is 6.86. The van der Waals surface area contributed by atoms with E-state index in [2.05, 4.69) is 4.98 Å². The van der Waals surface area contributed by atoms with E-state index < -0.39 is 0 Å². The molecule has 2 N–H and O–H groups in total. The third-order valence-corrected chi connectivity index (χ3v) is 2.39. The van der Waals surface area contributed by atoms with E-state index in [-0.39, 0.29) is 11.5 Å². The quantitative estimate of drug-likeness (QED) is 0.815. The molecule has 86 valence electrons. The number of rotatable bonds is 3. The van der Waals surface area contributed by atoms with E-state index in [0.717, 1.165) is 0 Å². The molecule has 0 saturated carbocycles. The summed E-state index contributed by atoms with van der Waals surface area (Å²) in [5.74, 6) is 0.423. The monoisotopic (exact) mass is 228 g/mol. The second-order valence-corrected chi connectivity index (χ2v) is 3.50. The fraction of sp³-hybridized carbons (Fsp3) is 0.0769. The fourth-order valence-electron chi connectivity index (χ4n) is 1.51. The Morgan fingerprint density at radius 3 is 2.82 bits per heavy atom. The molecule has 0 fully saturated rings. The number of anilines is 1. The number of hydrogen-bond donors (Lipinski definition) is 1. The molecule has 0 bridgehead atoms. The average Bonchev–Trinajstić information content (AvgIpc) is 2.38. The smallest absolute Gasteiger partial charge is 0.213 e. The van der Waals surface area contributed by atoms with E-state index in [1.807, 2.05) is 0 Å². The fourth-order valence-corrected chi connectivity index (χ4v) is 1.51. The van der Waals surface area contributed by atoms with Crippen molar-refractivity contribution in [3.8, 4) is 5.75 Å². The van der Waals surface area contributed by atoms with Gasteiger partial charge in [-0.25, -0.2) is 0 Å². The number of nitrogens with zero attached hydrogens (tertiary/aromatic N) is 1. The molecule has 0 aliphatic rings. The molecule has 0 aliphatic heterocycles. The summed E-state index contributed by atoms with van der Waals surface area (Å²) in [6.07, 6.45) is 1.55. The first-order valence-corrected chi connectivity index (χ1v) is 5.11. The van der Waals surface area contributed by atoms with Crippen LogP contribution in [0.3, 0.4) is 0 Å². The van der Waals surface area contributed by atoms with Gasteiger partial charge >= 0.3 is 0 Å². The van der Waals surface area contributed by atoms with Crippen molar-refractivity contribution < 1.29 is 9.53 Å². The molecule has 2 rings (SSSR count). The van der Waals surface area contributed by atoms with Crippen molar-refractivity contribution in [1.82, 2.24) is 4.98 Å². The molecule has 0 atom stereocenters. The van der Waals surface area contributed by atoms with Crippen molar-refractivity contribution in [3.63, 3.8) is 0 Å². The largest absolute Gasteiger partial charge is 0.497 e. The Kier molecular flexibility index (Phi) is 3.05. The van der Waals surface area contributed by atoms with Crippen molar-refractivity contribution in [2.45, 2.75) is 0 Å². The number of methoxy groups -OCH3 is 1. The predicted octanol–water partition coefficient (Wildman–Crippen LogP) is 1.90. The number of carbonyl (C=O) groups is 1. The van der Waals surface area contributed by atoms with Gasteiger partial charge in [-0.15, -0.1) is 0 Å². The Morgan fingerprint density at radius 1 is 1.29 bits per heavy atom. The molecule has 0 radical (unpaired) electrons. The van der Waals surface area contributed by atoms with E-state index in [9.17, 15) is 4.79 Å². The maximum atomic E-state index is 12.1. The van der Waals surface area contributed by atoms with Crippen LogP contribution in [-0.2, 0) is 0 Å². The number of pyridine rings is 1. The van der Waals surface area contributed by atoms with Gasteiger partial charge in [-0.1, -0.05) is 12.1 Å². The van der Waals surface area contributed by atoms with Gasteiger partial charge in [0.15, 0.2) is 0 Å². The van der Waals surface area contributed by atoms with E-state index in [0.29, 0.717) is 17.0 Å². The standard InChI is InChI=1S/C13H12N2O2/c1-17-10-5-2-4-9(8-10)13(16)12-11(14)6-3-7-15-12/h2-8H,14H2,1H3. The zero-order valence-corrected chi connectivity index (χ0v) is 9.38. The number of ether oxygens (including phenoxy) is 1. The lowest BCUT2D eigenvalue weighted by Crippen LogP contribution is -2.07. The molecular weight excluding hydrogens is 216 g/mol. The van der Waals surface area contributed by atoms with Crippen LogP contribution in [0.2, 0.25) is 0 Å². The third-order valence-electron chi connectivity index (χ3n) is 2.39. The van der Waals surface area contributed by atoms with Crippen molar-refractivity contribution >= 4 is 11.5 Å². The Morgan fingerprint density at radius 2 is 2.12 bits per heavy atom. The lowest BCUT2D eigenvalue weighted by atomic mass is 10.1.